The molecule has 0 saturated heterocycles. The van der Waals surface area contributed by atoms with E-state index in [0.717, 1.165) is 11.6 Å². The molecular weight excluding hydrogens is 386 g/mol. The summed E-state index contributed by atoms with van der Waals surface area (Å²) >= 11 is 12.3. The van der Waals surface area contributed by atoms with Crippen molar-refractivity contribution in [2.75, 3.05) is 11.9 Å². The van der Waals surface area contributed by atoms with Crippen LogP contribution >= 0.6 is 23.2 Å². The van der Waals surface area contributed by atoms with Crippen LogP contribution in [-0.4, -0.2) is 16.3 Å². The van der Waals surface area contributed by atoms with E-state index in [1.165, 1.54) is 16.8 Å². The first-order valence-electron chi connectivity index (χ1n) is 7.84. The molecule has 26 heavy (non-hydrogen) atoms. The molecular formula is C18H12Cl2F3N3. The van der Waals surface area contributed by atoms with Crippen LogP contribution in [0.3, 0.4) is 0 Å². The fraction of sp³-hybridized carbons (Fsp3) is 0.167. The Morgan fingerprint density at radius 1 is 1.08 bits per heavy atom. The molecule has 1 aliphatic rings. The van der Waals surface area contributed by atoms with Crippen molar-refractivity contribution in [1.29, 1.82) is 0 Å². The molecule has 0 unspecified atom stereocenters. The van der Waals surface area contributed by atoms with Crippen LogP contribution in [0, 0.1) is 0 Å². The van der Waals surface area contributed by atoms with Gasteiger partial charge in [-0.15, -0.1) is 0 Å². The number of fused-ring (bicyclic) bond motifs is 1. The summed E-state index contributed by atoms with van der Waals surface area (Å²) in [7, 11) is 0. The number of nitrogens with zero attached hydrogens (tertiary/aromatic N) is 2. The molecule has 0 amide bonds. The maximum absolute atomic E-state index is 13.4. The van der Waals surface area contributed by atoms with Crippen molar-refractivity contribution in [1.82, 2.24) is 9.78 Å². The van der Waals surface area contributed by atoms with Gasteiger partial charge in [-0.25, -0.2) is 4.68 Å². The number of rotatable bonds is 2. The predicted octanol–water partition coefficient (Wildman–Crippen LogP) is 5.83. The zero-order valence-corrected chi connectivity index (χ0v) is 14.8. The zero-order chi connectivity index (χ0) is 18.5. The van der Waals surface area contributed by atoms with Gasteiger partial charge < -0.3 is 5.32 Å². The van der Waals surface area contributed by atoms with E-state index >= 15 is 0 Å². The van der Waals surface area contributed by atoms with Gasteiger partial charge in [0.2, 0.25) is 0 Å². The third-order valence-electron chi connectivity index (χ3n) is 4.27. The van der Waals surface area contributed by atoms with Gasteiger partial charge in [0.05, 0.1) is 22.0 Å². The highest BCUT2D eigenvalue weighted by molar-refractivity contribution is 6.34. The highest BCUT2D eigenvalue weighted by atomic mass is 35.5. The highest BCUT2D eigenvalue weighted by Crippen LogP contribution is 2.41. The summed E-state index contributed by atoms with van der Waals surface area (Å²) in [4.78, 5) is 0. The maximum Gasteiger partial charge on any atom is 0.417 e. The van der Waals surface area contributed by atoms with Gasteiger partial charge >= 0.3 is 6.18 Å². The normalized spacial score (nSPS) is 13.6. The van der Waals surface area contributed by atoms with E-state index in [0.29, 0.717) is 40.2 Å². The van der Waals surface area contributed by atoms with Gasteiger partial charge in [-0.3, -0.25) is 0 Å². The minimum Gasteiger partial charge on any atom is -0.369 e. The third-order valence-corrected chi connectivity index (χ3v) is 4.83. The molecule has 2 heterocycles. The minimum atomic E-state index is -4.47. The Morgan fingerprint density at radius 2 is 1.85 bits per heavy atom. The third kappa shape index (κ3) is 2.83. The van der Waals surface area contributed by atoms with Crippen molar-refractivity contribution in [3.63, 3.8) is 0 Å². The van der Waals surface area contributed by atoms with Gasteiger partial charge in [-0.05, 0) is 30.7 Å². The van der Waals surface area contributed by atoms with Gasteiger partial charge in [-0.1, -0.05) is 41.4 Å². The number of alkyl halides is 3. The van der Waals surface area contributed by atoms with E-state index in [9.17, 15) is 13.2 Å². The molecule has 3 aromatic rings. The number of anilines is 1. The Bertz CT molecular complexity index is 996. The Morgan fingerprint density at radius 3 is 2.62 bits per heavy atom. The standard InChI is InChI=1S/C18H12Cl2F3N3/c19-10-5-6-14(20)15(9-10)26-17-12(7-8-24-17)16(25-26)11-3-1-2-4-13(11)18(21,22)23/h1-6,9,24H,7-8H2. The lowest BCUT2D eigenvalue weighted by molar-refractivity contribution is -0.137. The Hall–Kier alpha value is -2.18. The first kappa shape index (κ1) is 17.2. The lowest BCUT2D eigenvalue weighted by atomic mass is 10.0. The lowest BCUT2D eigenvalue weighted by Gasteiger charge is -2.12. The number of halogens is 5. The van der Waals surface area contributed by atoms with Gasteiger partial charge in [0.15, 0.2) is 0 Å². The van der Waals surface area contributed by atoms with Crippen LogP contribution in [0.25, 0.3) is 16.9 Å². The largest absolute Gasteiger partial charge is 0.417 e. The van der Waals surface area contributed by atoms with Gasteiger partial charge in [-0.2, -0.15) is 18.3 Å². The van der Waals surface area contributed by atoms with Crippen LogP contribution in [0.4, 0.5) is 19.0 Å². The Kier molecular flexibility index (Phi) is 4.12. The van der Waals surface area contributed by atoms with Gasteiger partial charge in [0, 0.05) is 22.7 Å². The van der Waals surface area contributed by atoms with Crippen LogP contribution < -0.4 is 5.32 Å². The Balaban J connectivity index is 1.96. The number of nitrogens with one attached hydrogen (secondary N) is 1. The molecule has 3 nitrogen and oxygen atoms in total. The number of hydrogen-bond donors (Lipinski definition) is 1. The van der Waals surface area contributed by atoms with Crippen molar-refractivity contribution in [3.05, 3.63) is 63.6 Å². The predicted molar refractivity (Wildman–Crippen MR) is 96.2 cm³/mol. The molecule has 1 aromatic heterocycles. The second-order valence-corrected chi connectivity index (χ2v) is 6.75. The lowest BCUT2D eigenvalue weighted by Crippen LogP contribution is -2.08. The van der Waals surface area contributed by atoms with E-state index in [2.05, 4.69) is 10.4 Å². The molecule has 0 spiro atoms. The summed E-state index contributed by atoms with van der Waals surface area (Å²) in [6, 6.07) is 10.4. The molecule has 0 fully saturated rings. The molecule has 8 heteroatoms. The highest BCUT2D eigenvalue weighted by Gasteiger charge is 2.36. The first-order chi connectivity index (χ1) is 12.4. The summed E-state index contributed by atoms with van der Waals surface area (Å²) < 4.78 is 41.9. The fourth-order valence-corrected chi connectivity index (χ4v) is 3.51. The molecule has 0 radical (unpaired) electrons. The quantitative estimate of drug-likeness (QED) is 0.589. The SMILES string of the molecule is FC(F)(F)c1ccccc1-c1nn(-c2cc(Cl)ccc2Cl)c2c1CCN2. The molecule has 134 valence electrons. The van der Waals surface area contributed by atoms with Crippen LogP contribution in [0.5, 0.6) is 0 Å². The summed E-state index contributed by atoms with van der Waals surface area (Å²) in [6.07, 6.45) is -3.89. The second-order valence-electron chi connectivity index (χ2n) is 5.90. The van der Waals surface area contributed by atoms with Crippen LogP contribution in [-0.2, 0) is 12.6 Å². The molecule has 1 N–H and O–H groups in total. The molecule has 0 bridgehead atoms. The molecule has 2 aromatic carbocycles. The number of hydrogen-bond acceptors (Lipinski definition) is 2. The summed E-state index contributed by atoms with van der Waals surface area (Å²) in [5.41, 5.74) is 0.889. The zero-order valence-electron chi connectivity index (χ0n) is 13.2. The van der Waals surface area contributed by atoms with Crippen molar-refractivity contribution < 1.29 is 13.2 Å². The van der Waals surface area contributed by atoms with Crippen LogP contribution in [0.2, 0.25) is 10.0 Å². The summed E-state index contributed by atoms with van der Waals surface area (Å²) in [5.74, 6) is 0.640. The van der Waals surface area contributed by atoms with E-state index in [1.807, 2.05) is 0 Å². The van der Waals surface area contributed by atoms with Crippen LogP contribution in [0.15, 0.2) is 42.5 Å². The van der Waals surface area contributed by atoms with Crippen molar-refractivity contribution in [2.45, 2.75) is 12.6 Å². The molecule has 4 rings (SSSR count). The van der Waals surface area contributed by atoms with Crippen molar-refractivity contribution in [3.8, 4) is 16.9 Å². The molecule has 0 aliphatic carbocycles. The minimum absolute atomic E-state index is 0.0526. The fourth-order valence-electron chi connectivity index (χ4n) is 3.15. The number of aromatic nitrogens is 2. The van der Waals surface area contributed by atoms with E-state index in [-0.39, 0.29) is 5.56 Å². The summed E-state index contributed by atoms with van der Waals surface area (Å²) in [5, 5.41) is 8.51. The molecule has 1 aliphatic heterocycles. The van der Waals surface area contributed by atoms with Crippen LogP contribution in [0.1, 0.15) is 11.1 Å². The number of benzene rings is 2. The van der Waals surface area contributed by atoms with Gasteiger partial charge in [0.25, 0.3) is 0 Å². The first-order valence-corrected chi connectivity index (χ1v) is 8.59. The second kappa shape index (κ2) is 6.21. The smallest absolute Gasteiger partial charge is 0.369 e. The van der Waals surface area contributed by atoms with Gasteiger partial charge in [0.1, 0.15) is 5.82 Å². The molecule has 0 saturated carbocycles. The average Bonchev–Trinajstić information content (AvgIpc) is 3.19. The van der Waals surface area contributed by atoms with E-state index < -0.39 is 11.7 Å². The average molecular weight is 398 g/mol. The monoisotopic (exact) mass is 397 g/mol. The van der Waals surface area contributed by atoms with Crippen molar-refractivity contribution in [2.24, 2.45) is 0 Å². The maximum atomic E-state index is 13.4. The Labute approximate surface area is 157 Å². The van der Waals surface area contributed by atoms with E-state index in [1.54, 1.807) is 24.3 Å². The topological polar surface area (TPSA) is 29.9 Å². The summed E-state index contributed by atoms with van der Waals surface area (Å²) in [6.45, 7) is 0.618. The molecule has 0 atom stereocenters. The van der Waals surface area contributed by atoms with Crippen molar-refractivity contribution >= 4 is 29.0 Å². The van der Waals surface area contributed by atoms with E-state index in [4.69, 9.17) is 23.2 Å².